The monoisotopic (exact) mass is 745 g/mol. The maximum atomic E-state index is 12.7. The van der Waals surface area contributed by atoms with E-state index in [4.69, 9.17) is 14.3 Å². The number of pyridine rings is 1. The Bertz CT molecular complexity index is 950. The van der Waals surface area contributed by atoms with Gasteiger partial charge in [0.05, 0.1) is 18.6 Å². The lowest BCUT2D eigenvalue weighted by Gasteiger charge is -2.19. The van der Waals surface area contributed by atoms with Crippen LogP contribution in [0.2, 0.25) is 0 Å². The van der Waals surface area contributed by atoms with Crippen molar-refractivity contribution in [3.63, 3.8) is 0 Å². The topological polar surface area (TPSA) is 98.0 Å². The zero-order valence-corrected chi connectivity index (χ0v) is 30.4. The summed E-state index contributed by atoms with van der Waals surface area (Å²) in [6.45, 7) is 7.17. The van der Waals surface area contributed by atoms with Gasteiger partial charge in [-0.15, -0.1) is 0 Å². The van der Waals surface area contributed by atoms with E-state index in [0.717, 1.165) is 30.0 Å². The van der Waals surface area contributed by atoms with Crippen LogP contribution in [0.3, 0.4) is 0 Å². The van der Waals surface area contributed by atoms with Gasteiger partial charge in [0.2, 0.25) is 11.6 Å². The first-order valence-electron chi connectivity index (χ1n) is 17.4. The maximum absolute atomic E-state index is 12.7. The first-order chi connectivity index (χ1) is 21.4. The third-order valence-electron chi connectivity index (χ3n) is 8.35. The Balaban J connectivity index is 0.0000101. The minimum Gasteiger partial charge on any atom is -1.00 e. The van der Waals surface area contributed by atoms with Crippen LogP contribution in [0.5, 0.6) is 0 Å². The van der Waals surface area contributed by atoms with Crippen LogP contribution < -0.4 is 34.0 Å². The Morgan fingerprint density at radius 1 is 0.867 bits per heavy atom. The molecule has 2 amide bonds. The van der Waals surface area contributed by atoms with Gasteiger partial charge in [0.15, 0.2) is 6.20 Å². The van der Waals surface area contributed by atoms with Gasteiger partial charge in [-0.25, -0.2) is 14.3 Å². The first kappa shape index (κ1) is 41.2. The van der Waals surface area contributed by atoms with Crippen LogP contribution in [0.25, 0.3) is 0 Å². The number of hydrogen-bond acceptors (Lipinski definition) is 7. The predicted octanol–water partition coefficient (Wildman–Crippen LogP) is 4.34. The molecule has 45 heavy (non-hydrogen) atoms. The van der Waals surface area contributed by atoms with E-state index in [1.54, 1.807) is 0 Å². The third kappa shape index (κ3) is 18.8. The summed E-state index contributed by atoms with van der Waals surface area (Å²) in [5.74, 6) is -0.727. The smallest absolute Gasteiger partial charge is 0.417 e. The molecule has 1 aromatic rings. The minimum atomic E-state index is -0.696. The number of ether oxygens (including phenoxy) is 2. The van der Waals surface area contributed by atoms with Crippen LogP contribution in [0, 0.1) is 0 Å². The standard InChI is InChI=1S/C35H60N3O6.HI/c1-4-6-7-8-9-10-11-12-13-14-15-16-17-18-20-25-36-44-34(40)27-32-23-24-33(43-32)29-42-35(41)38(30(3)39)28-31-22-19-21-26-37(31)5-2;/h19,21-22,26,32-33,36H,4-18,20,23-25,27-29H2,1-3H3;1H/q+1;/p-1. The molecule has 2 heterocycles. The number of unbranched alkanes of at least 4 members (excludes halogenated alkanes) is 14. The van der Waals surface area contributed by atoms with Gasteiger partial charge >= 0.3 is 12.1 Å². The Hall–Kier alpha value is -1.79. The van der Waals surface area contributed by atoms with Crippen molar-refractivity contribution >= 4 is 18.0 Å². The second-order valence-corrected chi connectivity index (χ2v) is 12.1. The fourth-order valence-electron chi connectivity index (χ4n) is 5.65. The van der Waals surface area contributed by atoms with Crippen molar-refractivity contribution in [3.8, 4) is 0 Å². The Labute approximate surface area is 289 Å². The fourth-order valence-corrected chi connectivity index (χ4v) is 5.65. The molecule has 1 saturated heterocycles. The number of nitrogens with one attached hydrogen (secondary N) is 1. The summed E-state index contributed by atoms with van der Waals surface area (Å²) in [7, 11) is 0. The molecule has 0 radical (unpaired) electrons. The van der Waals surface area contributed by atoms with Gasteiger partial charge in [0, 0.05) is 25.6 Å². The van der Waals surface area contributed by atoms with Crippen LogP contribution in [-0.4, -0.2) is 48.2 Å². The Kier molecular flexibility index (Phi) is 24.1. The van der Waals surface area contributed by atoms with E-state index >= 15 is 0 Å². The highest BCUT2D eigenvalue weighted by Crippen LogP contribution is 2.23. The first-order valence-corrected chi connectivity index (χ1v) is 17.4. The molecule has 1 aromatic heterocycles. The zero-order valence-electron chi connectivity index (χ0n) is 28.2. The van der Waals surface area contributed by atoms with Gasteiger partial charge in [0.1, 0.15) is 19.7 Å². The van der Waals surface area contributed by atoms with E-state index in [9.17, 15) is 14.4 Å². The Morgan fingerprint density at radius 2 is 1.44 bits per heavy atom. The number of hydrogen-bond donors (Lipinski definition) is 1. The molecule has 1 aliphatic rings. The van der Waals surface area contributed by atoms with E-state index in [1.807, 2.05) is 35.9 Å². The normalized spacial score (nSPS) is 15.8. The predicted molar refractivity (Wildman–Crippen MR) is 171 cm³/mol. The van der Waals surface area contributed by atoms with E-state index in [-0.39, 0.29) is 67.6 Å². The highest BCUT2D eigenvalue weighted by molar-refractivity contribution is 5.90. The molecule has 2 rings (SSSR count). The average Bonchev–Trinajstić information content (AvgIpc) is 3.47. The van der Waals surface area contributed by atoms with Crippen molar-refractivity contribution in [1.82, 2.24) is 10.4 Å². The molecule has 0 saturated carbocycles. The molecule has 9 nitrogen and oxygen atoms in total. The van der Waals surface area contributed by atoms with Crippen LogP contribution in [-0.2, 0) is 37.0 Å². The Morgan fingerprint density at radius 3 is 2.02 bits per heavy atom. The molecule has 0 bridgehead atoms. The summed E-state index contributed by atoms with van der Waals surface area (Å²) in [4.78, 5) is 43.3. The van der Waals surface area contributed by atoms with Crippen molar-refractivity contribution in [2.45, 2.75) is 162 Å². The molecule has 0 aliphatic carbocycles. The molecule has 1 aliphatic heterocycles. The molecule has 258 valence electrons. The van der Waals surface area contributed by atoms with Gasteiger partial charge in [-0.1, -0.05) is 103 Å². The van der Waals surface area contributed by atoms with Crippen LogP contribution >= 0.6 is 0 Å². The maximum Gasteiger partial charge on any atom is 0.417 e. The van der Waals surface area contributed by atoms with Crippen molar-refractivity contribution in [1.29, 1.82) is 0 Å². The molecule has 1 fully saturated rings. The van der Waals surface area contributed by atoms with Gasteiger partial charge in [-0.05, 0) is 26.2 Å². The molecule has 2 unspecified atom stereocenters. The van der Waals surface area contributed by atoms with Crippen molar-refractivity contribution < 1.29 is 57.2 Å². The minimum absolute atomic E-state index is 0. The van der Waals surface area contributed by atoms with E-state index in [1.165, 1.54) is 90.4 Å². The number of imide groups is 1. The molecular weight excluding hydrogens is 685 g/mol. The van der Waals surface area contributed by atoms with Gasteiger partial charge in [0.25, 0.3) is 0 Å². The van der Waals surface area contributed by atoms with E-state index in [0.29, 0.717) is 19.4 Å². The quantitative estimate of drug-likeness (QED) is 0.0729. The summed E-state index contributed by atoms with van der Waals surface area (Å²) in [5.41, 5.74) is 3.63. The third-order valence-corrected chi connectivity index (χ3v) is 8.35. The van der Waals surface area contributed by atoms with Gasteiger partial charge in [-0.3, -0.25) is 9.59 Å². The van der Waals surface area contributed by atoms with Crippen molar-refractivity contribution in [2.75, 3.05) is 13.2 Å². The summed E-state index contributed by atoms with van der Waals surface area (Å²) in [5, 5.41) is 0. The van der Waals surface area contributed by atoms with E-state index < -0.39 is 6.09 Å². The van der Waals surface area contributed by atoms with Crippen molar-refractivity contribution in [3.05, 3.63) is 30.1 Å². The lowest BCUT2D eigenvalue weighted by atomic mass is 10.0. The number of aromatic nitrogens is 1. The fraction of sp³-hybridized carbons (Fsp3) is 0.771. The largest absolute Gasteiger partial charge is 1.00 e. The van der Waals surface area contributed by atoms with Gasteiger partial charge in [-0.2, -0.15) is 5.48 Å². The van der Waals surface area contributed by atoms with Crippen LogP contribution in [0.1, 0.15) is 142 Å². The van der Waals surface area contributed by atoms with Crippen LogP contribution in [0.4, 0.5) is 4.79 Å². The van der Waals surface area contributed by atoms with Crippen LogP contribution in [0.15, 0.2) is 24.4 Å². The second-order valence-electron chi connectivity index (χ2n) is 12.1. The highest BCUT2D eigenvalue weighted by atomic mass is 127. The molecule has 0 spiro atoms. The average molecular weight is 746 g/mol. The summed E-state index contributed by atoms with van der Waals surface area (Å²) < 4.78 is 13.3. The number of carbonyl (C=O) groups is 3. The zero-order chi connectivity index (χ0) is 31.8. The summed E-state index contributed by atoms with van der Waals surface area (Å²) in [6, 6.07) is 5.66. The second kappa shape index (κ2) is 26.3. The summed E-state index contributed by atoms with van der Waals surface area (Å²) >= 11 is 0. The molecule has 1 N–H and O–H groups in total. The van der Waals surface area contributed by atoms with Crippen molar-refractivity contribution in [2.24, 2.45) is 0 Å². The van der Waals surface area contributed by atoms with E-state index in [2.05, 4.69) is 12.4 Å². The lowest BCUT2D eigenvalue weighted by Crippen LogP contribution is -3.00. The highest BCUT2D eigenvalue weighted by Gasteiger charge is 2.30. The number of hydroxylamine groups is 1. The molecule has 2 atom stereocenters. The number of carbonyl (C=O) groups excluding carboxylic acids is 3. The number of aryl methyl sites for hydroxylation is 1. The van der Waals surface area contributed by atoms with Gasteiger partial charge < -0.3 is 38.3 Å². The lowest BCUT2D eigenvalue weighted by molar-refractivity contribution is -0.701. The number of amides is 2. The molecular formula is C35H60IN3O6. The summed E-state index contributed by atoms with van der Waals surface area (Å²) in [6.07, 6.45) is 22.0. The number of halogens is 1. The molecule has 10 heteroatoms. The molecule has 0 aromatic carbocycles. The number of rotatable bonds is 24. The SMILES string of the molecule is CCCCCCCCCCCCCCCCCNOC(=O)CC1CCC(COC(=O)N(Cc2cccc[n+]2CC)C(C)=O)O1.[I-]. The number of nitrogens with zero attached hydrogens (tertiary/aromatic N) is 2.